The number of imide groups is 1. The minimum atomic E-state index is -0.584. The average molecular weight is 528 g/mol. The van der Waals surface area contributed by atoms with Gasteiger partial charge < -0.3 is 20.3 Å². The van der Waals surface area contributed by atoms with E-state index in [1.165, 1.54) is 0 Å². The van der Waals surface area contributed by atoms with E-state index in [1.54, 1.807) is 4.90 Å². The van der Waals surface area contributed by atoms with Crippen LogP contribution in [0.3, 0.4) is 0 Å². The van der Waals surface area contributed by atoms with Crippen molar-refractivity contribution in [2.24, 2.45) is 5.73 Å². The number of nitrogens with zero attached hydrogens (tertiary/aromatic N) is 3. The van der Waals surface area contributed by atoms with Crippen molar-refractivity contribution in [3.63, 3.8) is 0 Å². The number of anilines is 1. The Morgan fingerprint density at radius 2 is 1.78 bits per heavy atom. The summed E-state index contributed by atoms with van der Waals surface area (Å²) in [7, 11) is 0. The fourth-order valence-electron chi connectivity index (χ4n) is 5.15. The van der Waals surface area contributed by atoms with Crippen molar-refractivity contribution in [2.75, 3.05) is 44.2 Å². The molecule has 0 radical (unpaired) electrons. The largest absolute Gasteiger partial charge is 0.492 e. The van der Waals surface area contributed by atoms with Crippen LogP contribution in [0, 0.1) is 0 Å². The SMILES string of the molecule is C[C@@H](N)c1ccc(OCCN2CCN(c3ccc4c(c3)CN(C3CCC(=O)NC3=O)C4=O)CC2)cc1.Cl. The molecule has 5 rings (SSSR count). The number of hydrogen-bond acceptors (Lipinski definition) is 7. The number of benzene rings is 2. The Morgan fingerprint density at radius 1 is 1.05 bits per heavy atom. The summed E-state index contributed by atoms with van der Waals surface area (Å²) in [6.07, 6.45) is 0.637. The van der Waals surface area contributed by atoms with Crippen molar-refractivity contribution >= 4 is 35.8 Å². The van der Waals surface area contributed by atoms with Gasteiger partial charge in [0.1, 0.15) is 18.4 Å². The molecule has 0 aromatic heterocycles. The second-order valence-electron chi connectivity index (χ2n) is 9.78. The molecule has 9 nitrogen and oxygen atoms in total. The van der Waals surface area contributed by atoms with Gasteiger partial charge in [-0.2, -0.15) is 0 Å². The number of fused-ring (bicyclic) bond motifs is 1. The van der Waals surface area contributed by atoms with Gasteiger partial charge in [-0.3, -0.25) is 24.6 Å². The molecule has 0 spiro atoms. The average Bonchev–Trinajstić information content (AvgIpc) is 3.20. The lowest BCUT2D eigenvalue weighted by Gasteiger charge is -2.36. The summed E-state index contributed by atoms with van der Waals surface area (Å²) in [6, 6.07) is 13.3. The first kappa shape index (κ1) is 26.9. The Labute approximate surface area is 223 Å². The van der Waals surface area contributed by atoms with Crippen LogP contribution in [0.2, 0.25) is 0 Å². The summed E-state index contributed by atoms with van der Waals surface area (Å²) in [5.41, 5.74) is 9.67. The van der Waals surface area contributed by atoms with Crippen LogP contribution in [0.25, 0.3) is 0 Å². The number of amides is 3. The summed E-state index contributed by atoms with van der Waals surface area (Å²) in [5.74, 6) is 0.0688. The molecule has 10 heteroatoms. The molecule has 3 amide bonds. The van der Waals surface area contributed by atoms with E-state index >= 15 is 0 Å². The number of ether oxygens (including phenoxy) is 1. The van der Waals surface area contributed by atoms with E-state index < -0.39 is 6.04 Å². The summed E-state index contributed by atoms with van der Waals surface area (Å²) in [6.45, 7) is 7.53. The van der Waals surface area contributed by atoms with Gasteiger partial charge >= 0.3 is 0 Å². The third kappa shape index (κ3) is 5.89. The van der Waals surface area contributed by atoms with Crippen LogP contribution in [0.15, 0.2) is 42.5 Å². The van der Waals surface area contributed by atoms with Crippen LogP contribution < -0.4 is 20.7 Å². The predicted molar refractivity (Wildman–Crippen MR) is 143 cm³/mol. The number of halogens is 1. The van der Waals surface area contributed by atoms with E-state index in [4.69, 9.17) is 10.5 Å². The standard InChI is InChI=1S/C27H33N5O4.ClH/c1-18(28)19-2-5-22(6-3-19)36-15-14-30-10-12-31(13-11-30)21-4-7-23-20(16-21)17-32(27(23)35)24-8-9-25(33)29-26(24)34;/h2-7,16,18,24H,8-15,17,28H2,1H3,(H,29,33,34);1H/t18-,24?;/m1./s1. The maximum Gasteiger partial charge on any atom is 0.255 e. The predicted octanol–water partition coefficient (Wildman–Crippen LogP) is 2.09. The van der Waals surface area contributed by atoms with E-state index in [0.29, 0.717) is 25.1 Å². The normalized spacial score (nSPS) is 20.8. The fourth-order valence-corrected chi connectivity index (χ4v) is 5.15. The monoisotopic (exact) mass is 527 g/mol. The van der Waals surface area contributed by atoms with E-state index in [1.807, 2.05) is 43.3 Å². The molecule has 2 aromatic carbocycles. The molecule has 3 aliphatic rings. The second kappa shape index (κ2) is 11.5. The van der Waals surface area contributed by atoms with Gasteiger partial charge in [0, 0.05) is 63.0 Å². The first-order valence-corrected chi connectivity index (χ1v) is 12.6. The number of carbonyl (C=O) groups is 3. The second-order valence-corrected chi connectivity index (χ2v) is 9.78. The van der Waals surface area contributed by atoms with Gasteiger partial charge in [0.25, 0.3) is 5.91 Å². The van der Waals surface area contributed by atoms with Gasteiger partial charge in [-0.15, -0.1) is 12.4 Å². The van der Waals surface area contributed by atoms with Crippen LogP contribution in [0.5, 0.6) is 5.75 Å². The lowest BCUT2D eigenvalue weighted by molar-refractivity contribution is -0.136. The van der Waals surface area contributed by atoms with E-state index in [0.717, 1.165) is 55.3 Å². The van der Waals surface area contributed by atoms with Crippen LogP contribution in [-0.4, -0.2) is 72.9 Å². The zero-order chi connectivity index (χ0) is 25.2. The minimum Gasteiger partial charge on any atom is -0.492 e. The number of rotatable bonds is 7. The van der Waals surface area contributed by atoms with Crippen molar-refractivity contribution in [1.82, 2.24) is 15.1 Å². The summed E-state index contributed by atoms with van der Waals surface area (Å²) in [4.78, 5) is 43.0. The highest BCUT2D eigenvalue weighted by Crippen LogP contribution is 2.31. The topological polar surface area (TPSA) is 108 Å². The van der Waals surface area contributed by atoms with Crippen molar-refractivity contribution in [2.45, 2.75) is 38.4 Å². The Morgan fingerprint density at radius 3 is 2.46 bits per heavy atom. The molecule has 2 atom stereocenters. The van der Waals surface area contributed by atoms with Gasteiger partial charge in [0.2, 0.25) is 11.8 Å². The number of hydrogen-bond donors (Lipinski definition) is 2. The Balaban J connectivity index is 0.00000320. The van der Waals surface area contributed by atoms with Gasteiger partial charge in [-0.25, -0.2) is 0 Å². The van der Waals surface area contributed by atoms with Crippen molar-refractivity contribution in [1.29, 1.82) is 0 Å². The molecule has 3 N–H and O–H groups in total. The van der Waals surface area contributed by atoms with Crippen LogP contribution in [0.1, 0.15) is 47.3 Å². The van der Waals surface area contributed by atoms with Crippen molar-refractivity contribution in [3.05, 3.63) is 59.2 Å². The van der Waals surface area contributed by atoms with Crippen LogP contribution in [-0.2, 0) is 16.1 Å². The Kier molecular flexibility index (Phi) is 8.36. The molecular weight excluding hydrogens is 494 g/mol. The third-order valence-corrected chi connectivity index (χ3v) is 7.33. The molecular formula is C27H34ClN5O4. The Hall–Kier alpha value is -3.14. The number of carbonyl (C=O) groups excluding carboxylic acids is 3. The maximum absolute atomic E-state index is 12.9. The quantitative estimate of drug-likeness (QED) is 0.531. The molecule has 37 heavy (non-hydrogen) atoms. The smallest absolute Gasteiger partial charge is 0.255 e. The maximum atomic E-state index is 12.9. The molecule has 0 bridgehead atoms. The lowest BCUT2D eigenvalue weighted by Crippen LogP contribution is -2.52. The highest BCUT2D eigenvalue weighted by molar-refractivity contribution is 6.05. The first-order valence-electron chi connectivity index (χ1n) is 12.6. The number of piperidine rings is 1. The molecule has 2 saturated heterocycles. The van der Waals surface area contributed by atoms with E-state index in [-0.39, 0.29) is 42.6 Å². The number of piperazine rings is 1. The molecule has 0 saturated carbocycles. The van der Waals surface area contributed by atoms with Gasteiger partial charge in [0.05, 0.1) is 0 Å². The molecule has 198 valence electrons. The van der Waals surface area contributed by atoms with Gasteiger partial charge in [-0.05, 0) is 54.8 Å². The molecule has 1 unspecified atom stereocenters. The fraction of sp³-hybridized carbons (Fsp3) is 0.444. The van der Waals surface area contributed by atoms with Crippen molar-refractivity contribution in [3.8, 4) is 5.75 Å². The summed E-state index contributed by atoms with van der Waals surface area (Å²) >= 11 is 0. The molecule has 2 aromatic rings. The highest BCUT2D eigenvalue weighted by Gasteiger charge is 2.39. The molecule has 3 aliphatic heterocycles. The first-order chi connectivity index (χ1) is 17.4. The Bertz CT molecular complexity index is 1150. The van der Waals surface area contributed by atoms with Gasteiger partial charge in [0.15, 0.2) is 0 Å². The summed E-state index contributed by atoms with van der Waals surface area (Å²) < 4.78 is 5.91. The summed E-state index contributed by atoms with van der Waals surface area (Å²) in [5, 5.41) is 2.35. The minimum absolute atomic E-state index is 0. The number of nitrogens with two attached hydrogens (primary N) is 1. The zero-order valence-electron chi connectivity index (χ0n) is 21.0. The molecule has 2 fully saturated rings. The van der Waals surface area contributed by atoms with Gasteiger partial charge in [-0.1, -0.05) is 12.1 Å². The lowest BCUT2D eigenvalue weighted by atomic mass is 10.0. The zero-order valence-corrected chi connectivity index (χ0v) is 21.8. The van der Waals surface area contributed by atoms with Crippen LogP contribution >= 0.6 is 12.4 Å². The van der Waals surface area contributed by atoms with Crippen LogP contribution in [0.4, 0.5) is 5.69 Å². The molecule has 0 aliphatic carbocycles. The highest BCUT2D eigenvalue weighted by atomic mass is 35.5. The number of nitrogens with one attached hydrogen (secondary N) is 1. The molecule has 3 heterocycles. The van der Waals surface area contributed by atoms with E-state index in [9.17, 15) is 14.4 Å². The van der Waals surface area contributed by atoms with Crippen molar-refractivity contribution < 1.29 is 19.1 Å². The van der Waals surface area contributed by atoms with E-state index in [2.05, 4.69) is 21.2 Å². The third-order valence-electron chi connectivity index (χ3n) is 7.33.